The number of hydrogen-bond donors (Lipinski definition) is 1. The zero-order valence-electron chi connectivity index (χ0n) is 10.8. The smallest absolute Gasteiger partial charge is 0.266 e. The van der Waals surface area contributed by atoms with Crippen LogP contribution < -0.4 is 10.5 Å². The lowest BCUT2D eigenvalue weighted by atomic mass is 10.3. The normalized spacial score (nSPS) is 12.4. The zero-order chi connectivity index (χ0) is 13.5. The van der Waals surface area contributed by atoms with Crippen molar-refractivity contribution in [1.82, 2.24) is 9.97 Å². The Labute approximate surface area is 120 Å². The van der Waals surface area contributed by atoms with Crippen molar-refractivity contribution in [3.05, 3.63) is 20.3 Å². The highest BCUT2D eigenvalue weighted by molar-refractivity contribution is 14.1. The SMILES string of the molecule is COCCN(c1nc[nH]c(=O)c1I)C(C)COC. The number of hydrogen-bond acceptors (Lipinski definition) is 5. The van der Waals surface area contributed by atoms with Crippen LogP contribution in [0, 0.1) is 3.57 Å². The zero-order valence-corrected chi connectivity index (χ0v) is 12.9. The van der Waals surface area contributed by atoms with E-state index in [1.165, 1.54) is 6.33 Å². The number of ether oxygens (including phenoxy) is 2. The number of halogens is 1. The molecule has 18 heavy (non-hydrogen) atoms. The molecule has 0 bridgehead atoms. The molecule has 1 rings (SSSR count). The monoisotopic (exact) mass is 367 g/mol. The minimum atomic E-state index is -0.132. The molecule has 1 N–H and O–H groups in total. The van der Waals surface area contributed by atoms with Crippen LogP contribution in [0.25, 0.3) is 0 Å². The summed E-state index contributed by atoms with van der Waals surface area (Å²) >= 11 is 2.00. The summed E-state index contributed by atoms with van der Waals surface area (Å²) in [7, 11) is 3.30. The van der Waals surface area contributed by atoms with Gasteiger partial charge in [-0.15, -0.1) is 0 Å². The molecule has 0 saturated carbocycles. The van der Waals surface area contributed by atoms with Crippen LogP contribution in [0.5, 0.6) is 0 Å². The summed E-state index contributed by atoms with van der Waals surface area (Å²) in [5, 5.41) is 0. The predicted molar refractivity (Wildman–Crippen MR) is 78.1 cm³/mol. The number of aromatic nitrogens is 2. The van der Waals surface area contributed by atoms with Crippen LogP contribution in [0.3, 0.4) is 0 Å². The summed E-state index contributed by atoms with van der Waals surface area (Å²) in [6.07, 6.45) is 1.42. The number of anilines is 1. The van der Waals surface area contributed by atoms with E-state index in [2.05, 4.69) is 9.97 Å². The topological polar surface area (TPSA) is 67.5 Å². The lowest BCUT2D eigenvalue weighted by Crippen LogP contribution is -2.40. The van der Waals surface area contributed by atoms with Crippen molar-refractivity contribution >= 4 is 28.4 Å². The van der Waals surface area contributed by atoms with Crippen molar-refractivity contribution in [2.75, 3.05) is 38.9 Å². The molecular formula is C11H18IN3O3. The molecule has 0 amide bonds. The second-order valence-electron chi connectivity index (χ2n) is 3.86. The van der Waals surface area contributed by atoms with Gasteiger partial charge in [-0.3, -0.25) is 4.79 Å². The maximum atomic E-state index is 11.6. The van der Waals surface area contributed by atoms with Gasteiger partial charge < -0.3 is 19.4 Å². The fourth-order valence-electron chi connectivity index (χ4n) is 1.63. The van der Waals surface area contributed by atoms with Crippen molar-refractivity contribution in [3.8, 4) is 0 Å². The van der Waals surface area contributed by atoms with Gasteiger partial charge in [-0.1, -0.05) is 0 Å². The summed E-state index contributed by atoms with van der Waals surface area (Å²) < 4.78 is 10.8. The Morgan fingerprint density at radius 3 is 2.83 bits per heavy atom. The molecule has 1 aromatic heterocycles. The fraction of sp³-hybridized carbons (Fsp3) is 0.636. The molecule has 0 radical (unpaired) electrons. The molecule has 1 atom stereocenters. The summed E-state index contributed by atoms with van der Waals surface area (Å²) in [5.74, 6) is 0.668. The van der Waals surface area contributed by atoms with Crippen LogP contribution in [-0.4, -0.2) is 50.0 Å². The molecule has 0 spiro atoms. The van der Waals surface area contributed by atoms with Gasteiger partial charge in [-0.25, -0.2) is 4.98 Å². The van der Waals surface area contributed by atoms with Crippen LogP contribution in [0.4, 0.5) is 5.82 Å². The molecule has 0 aliphatic heterocycles. The first-order valence-corrected chi connectivity index (χ1v) is 6.67. The Kier molecular flexibility index (Phi) is 6.58. The molecule has 1 aromatic rings. The first-order valence-electron chi connectivity index (χ1n) is 5.59. The van der Waals surface area contributed by atoms with Crippen molar-refractivity contribution in [2.24, 2.45) is 0 Å². The van der Waals surface area contributed by atoms with Crippen molar-refractivity contribution in [3.63, 3.8) is 0 Å². The average molecular weight is 367 g/mol. The van der Waals surface area contributed by atoms with Crippen LogP contribution in [0.1, 0.15) is 6.92 Å². The molecule has 1 heterocycles. The van der Waals surface area contributed by atoms with Crippen LogP contribution in [0.15, 0.2) is 11.1 Å². The third-order valence-electron chi connectivity index (χ3n) is 2.53. The van der Waals surface area contributed by atoms with Gasteiger partial charge in [-0.05, 0) is 29.5 Å². The Morgan fingerprint density at radius 2 is 2.22 bits per heavy atom. The number of nitrogens with one attached hydrogen (secondary N) is 1. The van der Waals surface area contributed by atoms with Gasteiger partial charge in [0, 0.05) is 20.8 Å². The Morgan fingerprint density at radius 1 is 1.50 bits per heavy atom. The van der Waals surface area contributed by atoms with Gasteiger partial charge in [0.25, 0.3) is 5.56 Å². The fourth-order valence-corrected chi connectivity index (χ4v) is 2.23. The summed E-state index contributed by atoms with van der Waals surface area (Å²) in [4.78, 5) is 20.4. The van der Waals surface area contributed by atoms with E-state index in [4.69, 9.17) is 9.47 Å². The Hall–Kier alpha value is -0.670. The van der Waals surface area contributed by atoms with Gasteiger partial charge in [0.1, 0.15) is 9.39 Å². The van der Waals surface area contributed by atoms with E-state index >= 15 is 0 Å². The van der Waals surface area contributed by atoms with Crippen LogP contribution in [-0.2, 0) is 9.47 Å². The molecule has 0 aromatic carbocycles. The average Bonchev–Trinajstić information content (AvgIpc) is 2.35. The quantitative estimate of drug-likeness (QED) is 0.725. The molecule has 102 valence electrons. The molecule has 0 aliphatic carbocycles. The van der Waals surface area contributed by atoms with E-state index in [0.29, 0.717) is 29.1 Å². The highest BCUT2D eigenvalue weighted by Crippen LogP contribution is 2.18. The van der Waals surface area contributed by atoms with Crippen LogP contribution >= 0.6 is 22.6 Å². The largest absolute Gasteiger partial charge is 0.383 e. The highest BCUT2D eigenvalue weighted by Gasteiger charge is 2.19. The van der Waals surface area contributed by atoms with Crippen molar-refractivity contribution < 1.29 is 9.47 Å². The third-order valence-corrected chi connectivity index (χ3v) is 3.50. The molecular weight excluding hydrogens is 349 g/mol. The summed E-state index contributed by atoms with van der Waals surface area (Å²) in [5.41, 5.74) is -0.132. The first-order chi connectivity index (χ1) is 8.61. The predicted octanol–water partition coefficient (Wildman–Crippen LogP) is 0.862. The maximum Gasteiger partial charge on any atom is 0.266 e. The van der Waals surface area contributed by atoms with Crippen LogP contribution in [0.2, 0.25) is 0 Å². The molecule has 0 fully saturated rings. The number of H-pyrrole nitrogens is 1. The maximum absolute atomic E-state index is 11.6. The Bertz CT molecular complexity index is 424. The van der Waals surface area contributed by atoms with E-state index in [-0.39, 0.29) is 11.6 Å². The number of aromatic amines is 1. The standard InChI is InChI=1S/C11H18IN3O3/c1-8(6-18-3)15(4-5-17-2)10-9(12)11(16)14-7-13-10/h7-8H,4-6H2,1-3H3,(H,13,14,16). The molecule has 0 aliphatic rings. The summed E-state index contributed by atoms with van der Waals surface area (Å²) in [6.45, 7) is 3.82. The van der Waals surface area contributed by atoms with Gasteiger partial charge in [-0.2, -0.15) is 0 Å². The third kappa shape index (κ3) is 3.92. The van der Waals surface area contributed by atoms with Gasteiger partial charge in [0.2, 0.25) is 0 Å². The van der Waals surface area contributed by atoms with E-state index < -0.39 is 0 Å². The van der Waals surface area contributed by atoms with E-state index in [1.54, 1.807) is 14.2 Å². The van der Waals surface area contributed by atoms with Crippen molar-refractivity contribution in [1.29, 1.82) is 0 Å². The number of rotatable bonds is 7. The molecule has 7 heteroatoms. The van der Waals surface area contributed by atoms with Gasteiger partial charge in [0.15, 0.2) is 0 Å². The minimum absolute atomic E-state index is 0.118. The number of nitrogens with zero attached hydrogens (tertiary/aromatic N) is 2. The molecule has 6 nitrogen and oxygen atoms in total. The lowest BCUT2D eigenvalue weighted by Gasteiger charge is -2.30. The first kappa shape index (κ1) is 15.4. The Balaban J connectivity index is 3.00. The number of methoxy groups -OCH3 is 2. The minimum Gasteiger partial charge on any atom is -0.383 e. The lowest BCUT2D eigenvalue weighted by molar-refractivity contribution is 0.170. The van der Waals surface area contributed by atoms with E-state index in [1.807, 2.05) is 34.4 Å². The van der Waals surface area contributed by atoms with Gasteiger partial charge >= 0.3 is 0 Å². The van der Waals surface area contributed by atoms with Crippen molar-refractivity contribution in [2.45, 2.75) is 13.0 Å². The second-order valence-corrected chi connectivity index (χ2v) is 4.94. The molecule has 0 saturated heterocycles. The van der Waals surface area contributed by atoms with E-state index in [0.717, 1.165) is 0 Å². The highest BCUT2D eigenvalue weighted by atomic mass is 127. The second kappa shape index (κ2) is 7.70. The van der Waals surface area contributed by atoms with Gasteiger partial charge in [0.05, 0.1) is 25.6 Å². The summed E-state index contributed by atoms with van der Waals surface area (Å²) in [6, 6.07) is 0.118. The molecule has 1 unspecified atom stereocenters. The van der Waals surface area contributed by atoms with E-state index in [9.17, 15) is 4.79 Å².